The van der Waals surface area contributed by atoms with Gasteiger partial charge in [0.2, 0.25) is 0 Å². The summed E-state index contributed by atoms with van der Waals surface area (Å²) in [7, 11) is 1.59. The summed E-state index contributed by atoms with van der Waals surface area (Å²) in [5.74, 6) is 0.728. The molecule has 0 bridgehead atoms. The second-order valence-electron chi connectivity index (χ2n) is 4.55. The van der Waals surface area contributed by atoms with Crippen LogP contribution in [0.5, 0.6) is 5.75 Å². The average Bonchev–Trinajstić information content (AvgIpc) is 2.54. The molecular formula is C15H18N4O3. The molecule has 1 aromatic carbocycles. The minimum absolute atomic E-state index is 0.148. The fourth-order valence-electron chi connectivity index (χ4n) is 1.84. The lowest BCUT2D eigenvalue weighted by molar-refractivity contribution is 0.251. The summed E-state index contributed by atoms with van der Waals surface area (Å²) in [6, 6.07) is 9.80. The molecular weight excluding hydrogens is 284 g/mol. The number of ether oxygens (including phenoxy) is 1. The number of hydrogen-bond donors (Lipinski definition) is 2. The number of aryl methyl sites for hydroxylation is 1. The highest BCUT2D eigenvalue weighted by Gasteiger charge is 2.02. The lowest BCUT2D eigenvalue weighted by Gasteiger charge is -2.08. The number of rotatable bonds is 6. The topological polar surface area (TPSA) is 85.2 Å². The van der Waals surface area contributed by atoms with Crippen LogP contribution in [0.1, 0.15) is 6.42 Å². The number of nitrogens with one attached hydrogen (secondary N) is 2. The van der Waals surface area contributed by atoms with Crippen molar-refractivity contribution in [2.45, 2.75) is 13.0 Å². The molecule has 0 aliphatic carbocycles. The van der Waals surface area contributed by atoms with E-state index in [0.29, 0.717) is 25.2 Å². The van der Waals surface area contributed by atoms with E-state index in [4.69, 9.17) is 4.74 Å². The first-order valence-corrected chi connectivity index (χ1v) is 6.90. The summed E-state index contributed by atoms with van der Waals surface area (Å²) in [4.78, 5) is 23.1. The number of hydrogen-bond acceptors (Lipinski definition) is 4. The SMILES string of the molecule is COc1ccc(NC(=O)NCCCn2ncccc2=O)cc1. The third kappa shape index (κ3) is 4.62. The van der Waals surface area contributed by atoms with Gasteiger partial charge in [-0.1, -0.05) is 0 Å². The first-order chi connectivity index (χ1) is 10.7. The fourth-order valence-corrected chi connectivity index (χ4v) is 1.84. The monoisotopic (exact) mass is 302 g/mol. The van der Waals surface area contributed by atoms with Crippen LogP contribution in [0.4, 0.5) is 10.5 Å². The summed E-state index contributed by atoms with van der Waals surface area (Å²) in [6.45, 7) is 0.910. The highest BCUT2D eigenvalue weighted by Crippen LogP contribution is 2.14. The zero-order valence-corrected chi connectivity index (χ0v) is 12.3. The second kappa shape index (κ2) is 7.82. The molecule has 0 atom stereocenters. The Balaban J connectivity index is 1.71. The molecule has 2 rings (SSSR count). The van der Waals surface area contributed by atoms with Gasteiger partial charge in [0.15, 0.2) is 0 Å². The zero-order valence-electron chi connectivity index (χ0n) is 12.3. The van der Waals surface area contributed by atoms with Crippen LogP contribution < -0.4 is 20.9 Å². The van der Waals surface area contributed by atoms with E-state index >= 15 is 0 Å². The molecule has 2 aromatic rings. The van der Waals surface area contributed by atoms with E-state index in [1.807, 2.05) is 0 Å². The van der Waals surface area contributed by atoms with Gasteiger partial charge in [-0.3, -0.25) is 4.79 Å². The summed E-state index contributed by atoms with van der Waals surface area (Å²) in [6.07, 6.45) is 2.18. The third-order valence-corrected chi connectivity index (χ3v) is 2.97. The Morgan fingerprint density at radius 2 is 2.05 bits per heavy atom. The average molecular weight is 302 g/mol. The normalized spacial score (nSPS) is 10.0. The Morgan fingerprint density at radius 3 is 2.73 bits per heavy atom. The molecule has 7 heteroatoms. The van der Waals surface area contributed by atoms with E-state index in [1.165, 1.54) is 10.7 Å². The van der Waals surface area contributed by atoms with Crippen molar-refractivity contribution in [3.05, 3.63) is 52.9 Å². The minimum atomic E-state index is -0.293. The van der Waals surface area contributed by atoms with Gasteiger partial charge in [-0.15, -0.1) is 0 Å². The summed E-state index contributed by atoms with van der Waals surface area (Å²) < 4.78 is 6.41. The predicted octanol–water partition coefficient (Wildman–Crippen LogP) is 1.46. The summed E-state index contributed by atoms with van der Waals surface area (Å²) >= 11 is 0. The molecule has 0 saturated heterocycles. The molecule has 0 unspecified atom stereocenters. The quantitative estimate of drug-likeness (QED) is 0.791. The Kier molecular flexibility index (Phi) is 5.53. The fraction of sp³-hybridized carbons (Fsp3) is 0.267. The second-order valence-corrected chi connectivity index (χ2v) is 4.55. The van der Waals surface area contributed by atoms with Gasteiger partial charge in [0.1, 0.15) is 5.75 Å². The van der Waals surface area contributed by atoms with Crippen LogP contribution in [0.15, 0.2) is 47.4 Å². The maximum Gasteiger partial charge on any atom is 0.319 e. The van der Waals surface area contributed by atoms with E-state index in [-0.39, 0.29) is 11.6 Å². The van der Waals surface area contributed by atoms with Crippen LogP contribution in [0, 0.1) is 0 Å². The molecule has 0 radical (unpaired) electrons. The van der Waals surface area contributed by atoms with Gasteiger partial charge in [0.05, 0.1) is 7.11 Å². The van der Waals surface area contributed by atoms with Gasteiger partial charge in [-0.05, 0) is 36.8 Å². The minimum Gasteiger partial charge on any atom is -0.497 e. The van der Waals surface area contributed by atoms with Gasteiger partial charge in [-0.25, -0.2) is 9.48 Å². The molecule has 2 amide bonds. The number of carbonyl (C=O) groups excluding carboxylic acids is 1. The first kappa shape index (κ1) is 15.6. The molecule has 0 aliphatic rings. The Morgan fingerprint density at radius 1 is 1.27 bits per heavy atom. The molecule has 0 spiro atoms. The third-order valence-electron chi connectivity index (χ3n) is 2.97. The maximum atomic E-state index is 11.7. The van der Waals surface area contributed by atoms with E-state index in [1.54, 1.807) is 43.6 Å². The molecule has 0 fully saturated rings. The Labute approximate surface area is 127 Å². The molecule has 1 heterocycles. The highest BCUT2D eigenvalue weighted by atomic mass is 16.5. The lowest BCUT2D eigenvalue weighted by atomic mass is 10.3. The molecule has 1 aromatic heterocycles. The summed E-state index contributed by atoms with van der Waals surface area (Å²) in [5.41, 5.74) is 0.532. The number of carbonyl (C=O) groups is 1. The Hall–Kier alpha value is -2.83. The first-order valence-electron chi connectivity index (χ1n) is 6.90. The summed E-state index contributed by atoms with van der Waals surface area (Å²) in [5, 5.41) is 9.38. The van der Waals surface area contributed by atoms with Crippen molar-refractivity contribution in [3.63, 3.8) is 0 Å². The van der Waals surface area contributed by atoms with E-state index < -0.39 is 0 Å². The van der Waals surface area contributed by atoms with E-state index in [0.717, 1.165) is 5.75 Å². The van der Waals surface area contributed by atoms with Gasteiger partial charge >= 0.3 is 6.03 Å². The van der Waals surface area contributed by atoms with Crippen molar-refractivity contribution in [1.82, 2.24) is 15.1 Å². The molecule has 0 aliphatic heterocycles. The largest absolute Gasteiger partial charge is 0.497 e. The number of anilines is 1. The number of benzene rings is 1. The smallest absolute Gasteiger partial charge is 0.319 e. The van der Waals surface area contributed by atoms with E-state index in [9.17, 15) is 9.59 Å². The number of methoxy groups -OCH3 is 1. The number of amides is 2. The predicted molar refractivity (Wildman–Crippen MR) is 83.1 cm³/mol. The van der Waals surface area contributed by atoms with Crippen LogP contribution >= 0.6 is 0 Å². The lowest BCUT2D eigenvalue weighted by Crippen LogP contribution is -2.31. The number of urea groups is 1. The van der Waals surface area contributed by atoms with Gasteiger partial charge in [0, 0.05) is 31.0 Å². The van der Waals surface area contributed by atoms with Crippen molar-refractivity contribution < 1.29 is 9.53 Å². The van der Waals surface area contributed by atoms with Crippen LogP contribution in [0.3, 0.4) is 0 Å². The van der Waals surface area contributed by atoms with Crippen molar-refractivity contribution >= 4 is 11.7 Å². The molecule has 0 saturated carbocycles. The molecule has 7 nitrogen and oxygen atoms in total. The van der Waals surface area contributed by atoms with E-state index in [2.05, 4.69) is 15.7 Å². The van der Waals surface area contributed by atoms with Crippen LogP contribution in [-0.4, -0.2) is 29.5 Å². The van der Waals surface area contributed by atoms with Crippen molar-refractivity contribution in [2.24, 2.45) is 0 Å². The van der Waals surface area contributed by atoms with Crippen molar-refractivity contribution in [3.8, 4) is 5.75 Å². The maximum absolute atomic E-state index is 11.7. The van der Waals surface area contributed by atoms with Crippen LogP contribution in [0.2, 0.25) is 0 Å². The van der Waals surface area contributed by atoms with Gasteiger partial charge < -0.3 is 15.4 Å². The number of nitrogens with zero attached hydrogens (tertiary/aromatic N) is 2. The Bertz CT molecular complexity index is 667. The van der Waals surface area contributed by atoms with Gasteiger partial charge in [-0.2, -0.15) is 5.10 Å². The molecule has 116 valence electrons. The zero-order chi connectivity index (χ0) is 15.8. The standard InChI is InChI=1S/C15H18N4O3/c1-22-13-7-5-12(6-8-13)18-15(21)16-9-3-11-19-14(20)4-2-10-17-19/h2,4-8,10H,3,9,11H2,1H3,(H2,16,18,21). The van der Waals surface area contributed by atoms with Gasteiger partial charge in [0.25, 0.3) is 5.56 Å². The van der Waals surface area contributed by atoms with Crippen LogP contribution in [-0.2, 0) is 6.54 Å². The number of aromatic nitrogens is 2. The van der Waals surface area contributed by atoms with Crippen molar-refractivity contribution in [2.75, 3.05) is 19.0 Å². The molecule has 2 N–H and O–H groups in total. The van der Waals surface area contributed by atoms with Crippen LogP contribution in [0.25, 0.3) is 0 Å². The molecule has 22 heavy (non-hydrogen) atoms. The highest BCUT2D eigenvalue weighted by molar-refractivity contribution is 5.89. The van der Waals surface area contributed by atoms with Crippen molar-refractivity contribution in [1.29, 1.82) is 0 Å².